The minimum atomic E-state index is 0.360. The summed E-state index contributed by atoms with van der Waals surface area (Å²) in [6.45, 7) is 0. The first-order valence-corrected chi connectivity index (χ1v) is 7.77. The molecule has 1 heterocycles. The van der Waals surface area contributed by atoms with Gasteiger partial charge in [0, 0.05) is 11.6 Å². The average molecular weight is 282 g/mol. The molecule has 0 radical (unpaired) electrons. The van der Waals surface area contributed by atoms with Crippen molar-refractivity contribution in [2.75, 3.05) is 0 Å². The van der Waals surface area contributed by atoms with Gasteiger partial charge in [-0.15, -0.1) is 0 Å². The van der Waals surface area contributed by atoms with E-state index in [1.165, 1.54) is 25.7 Å². The van der Waals surface area contributed by atoms with Gasteiger partial charge in [0.15, 0.2) is 5.84 Å². The van der Waals surface area contributed by atoms with Crippen LogP contribution in [0.25, 0.3) is 10.8 Å². The lowest BCUT2D eigenvalue weighted by Crippen LogP contribution is -2.33. The molecule has 2 aromatic rings. The summed E-state index contributed by atoms with van der Waals surface area (Å²) in [6, 6.07) is 10.6. The predicted molar refractivity (Wildman–Crippen MR) is 87.1 cm³/mol. The minimum Gasteiger partial charge on any atom is -0.307 e. The third-order valence-electron chi connectivity index (χ3n) is 4.17. The molecule has 1 aliphatic rings. The van der Waals surface area contributed by atoms with Crippen LogP contribution in [0.15, 0.2) is 41.5 Å². The van der Waals surface area contributed by atoms with E-state index >= 15 is 0 Å². The molecule has 0 aliphatic heterocycles. The predicted octanol–water partition coefficient (Wildman–Crippen LogP) is 3.17. The number of rotatable bonds is 2. The fraction of sp³-hybridized carbons (Fsp3) is 0.412. The molecule has 1 saturated carbocycles. The number of nitrogens with zero attached hydrogens (tertiary/aromatic N) is 2. The number of fused-ring (bicyclic) bond motifs is 1. The minimum absolute atomic E-state index is 0.360. The van der Waals surface area contributed by atoms with E-state index in [2.05, 4.69) is 22.5 Å². The van der Waals surface area contributed by atoms with Crippen LogP contribution in [0.2, 0.25) is 0 Å². The maximum absolute atomic E-state index is 5.73. The van der Waals surface area contributed by atoms with E-state index in [-0.39, 0.29) is 0 Å². The number of benzene rings is 1. The molecular formula is C17H22N4. The Bertz CT molecular complexity index is 622. The fourth-order valence-corrected chi connectivity index (χ4v) is 3.04. The number of hydrogen-bond donors (Lipinski definition) is 2. The van der Waals surface area contributed by atoms with Gasteiger partial charge in [0.05, 0.1) is 6.04 Å². The molecule has 0 bridgehead atoms. The van der Waals surface area contributed by atoms with Crippen molar-refractivity contribution in [1.29, 1.82) is 0 Å². The van der Waals surface area contributed by atoms with Crippen molar-refractivity contribution < 1.29 is 0 Å². The Hall–Kier alpha value is -1.94. The van der Waals surface area contributed by atoms with Crippen LogP contribution < -0.4 is 11.3 Å². The lowest BCUT2D eigenvalue weighted by Gasteiger charge is -2.13. The zero-order valence-corrected chi connectivity index (χ0v) is 12.3. The van der Waals surface area contributed by atoms with E-state index in [9.17, 15) is 0 Å². The molecule has 1 aliphatic carbocycles. The number of hydrogen-bond acceptors (Lipinski definition) is 3. The Balaban J connectivity index is 1.97. The van der Waals surface area contributed by atoms with Gasteiger partial charge in [-0.05, 0) is 24.3 Å². The van der Waals surface area contributed by atoms with Crippen LogP contribution in [0, 0.1) is 0 Å². The highest BCUT2D eigenvalue weighted by Gasteiger charge is 2.14. The number of amidine groups is 1. The molecular weight excluding hydrogens is 260 g/mol. The van der Waals surface area contributed by atoms with Crippen molar-refractivity contribution in [1.82, 2.24) is 10.4 Å². The van der Waals surface area contributed by atoms with E-state index in [1.807, 2.05) is 24.4 Å². The Morgan fingerprint density at radius 1 is 1.10 bits per heavy atom. The lowest BCUT2D eigenvalue weighted by molar-refractivity contribution is 0.583. The SMILES string of the molecule is NNC(=NC1CCCCCC1)c1nccc2ccccc12. The number of hydrazine groups is 1. The highest BCUT2D eigenvalue weighted by molar-refractivity contribution is 6.07. The first kappa shape index (κ1) is 14.0. The zero-order chi connectivity index (χ0) is 14.5. The topological polar surface area (TPSA) is 63.3 Å². The fourth-order valence-electron chi connectivity index (χ4n) is 3.04. The van der Waals surface area contributed by atoms with E-state index in [4.69, 9.17) is 10.8 Å². The highest BCUT2D eigenvalue weighted by atomic mass is 15.3. The monoisotopic (exact) mass is 282 g/mol. The number of aliphatic imine (C=N–C) groups is 1. The summed E-state index contributed by atoms with van der Waals surface area (Å²) in [6.07, 6.45) is 9.28. The molecule has 21 heavy (non-hydrogen) atoms. The van der Waals surface area contributed by atoms with Crippen molar-refractivity contribution in [3.8, 4) is 0 Å². The molecule has 0 amide bonds. The molecule has 1 aromatic carbocycles. The summed E-state index contributed by atoms with van der Waals surface area (Å²) < 4.78 is 0. The number of nitrogens with two attached hydrogens (primary N) is 1. The van der Waals surface area contributed by atoms with Gasteiger partial charge in [0.2, 0.25) is 0 Å². The van der Waals surface area contributed by atoms with Gasteiger partial charge in [-0.3, -0.25) is 9.98 Å². The third kappa shape index (κ3) is 3.22. The second-order valence-corrected chi connectivity index (χ2v) is 5.65. The standard InChI is InChI=1S/C17H22N4/c18-21-17(20-14-8-3-1-2-4-9-14)16-15-10-6-5-7-13(15)11-12-19-16/h5-7,10-12,14H,1-4,8-9,18H2,(H,20,21). The molecule has 3 rings (SSSR count). The maximum Gasteiger partial charge on any atom is 0.162 e. The van der Waals surface area contributed by atoms with Crippen LogP contribution in [0.5, 0.6) is 0 Å². The van der Waals surface area contributed by atoms with Crippen LogP contribution in [0.3, 0.4) is 0 Å². The van der Waals surface area contributed by atoms with Crippen LogP contribution in [0.1, 0.15) is 44.2 Å². The van der Waals surface area contributed by atoms with Gasteiger partial charge in [-0.2, -0.15) is 0 Å². The molecule has 0 atom stereocenters. The van der Waals surface area contributed by atoms with Crippen molar-refractivity contribution >= 4 is 16.6 Å². The molecule has 1 fully saturated rings. The molecule has 1 aromatic heterocycles. The van der Waals surface area contributed by atoms with Crippen molar-refractivity contribution in [2.45, 2.75) is 44.6 Å². The zero-order valence-electron chi connectivity index (χ0n) is 12.3. The second kappa shape index (κ2) is 6.68. The Morgan fingerprint density at radius 3 is 2.62 bits per heavy atom. The van der Waals surface area contributed by atoms with E-state index < -0.39 is 0 Å². The largest absolute Gasteiger partial charge is 0.307 e. The third-order valence-corrected chi connectivity index (χ3v) is 4.17. The molecule has 0 unspecified atom stereocenters. The second-order valence-electron chi connectivity index (χ2n) is 5.65. The van der Waals surface area contributed by atoms with Crippen molar-refractivity contribution in [3.63, 3.8) is 0 Å². The molecule has 0 spiro atoms. The number of pyridine rings is 1. The average Bonchev–Trinajstić information content (AvgIpc) is 2.81. The van der Waals surface area contributed by atoms with Crippen LogP contribution in [0.4, 0.5) is 0 Å². The van der Waals surface area contributed by atoms with Crippen LogP contribution in [-0.2, 0) is 0 Å². The van der Waals surface area contributed by atoms with Gasteiger partial charge in [0.1, 0.15) is 5.69 Å². The molecule has 4 heteroatoms. The first-order chi connectivity index (χ1) is 10.4. The van der Waals surface area contributed by atoms with Gasteiger partial charge in [0.25, 0.3) is 0 Å². The molecule has 4 nitrogen and oxygen atoms in total. The van der Waals surface area contributed by atoms with Crippen LogP contribution >= 0.6 is 0 Å². The van der Waals surface area contributed by atoms with Crippen molar-refractivity contribution in [2.24, 2.45) is 10.8 Å². The van der Waals surface area contributed by atoms with Gasteiger partial charge >= 0.3 is 0 Å². The van der Waals surface area contributed by atoms with Gasteiger partial charge in [-0.1, -0.05) is 49.9 Å². The summed E-state index contributed by atoms with van der Waals surface area (Å²) in [5.41, 5.74) is 3.61. The molecule has 110 valence electrons. The summed E-state index contributed by atoms with van der Waals surface area (Å²) in [7, 11) is 0. The molecule has 0 saturated heterocycles. The quantitative estimate of drug-likeness (QED) is 0.292. The Morgan fingerprint density at radius 2 is 1.86 bits per heavy atom. The smallest absolute Gasteiger partial charge is 0.162 e. The van der Waals surface area contributed by atoms with Gasteiger partial charge < -0.3 is 5.43 Å². The van der Waals surface area contributed by atoms with E-state index in [1.54, 1.807) is 0 Å². The van der Waals surface area contributed by atoms with E-state index in [0.29, 0.717) is 11.9 Å². The van der Waals surface area contributed by atoms with Crippen LogP contribution in [-0.4, -0.2) is 16.9 Å². The number of nitrogens with one attached hydrogen (secondary N) is 1. The summed E-state index contributed by atoms with van der Waals surface area (Å²) in [5.74, 6) is 6.44. The summed E-state index contributed by atoms with van der Waals surface area (Å²) in [4.78, 5) is 9.35. The summed E-state index contributed by atoms with van der Waals surface area (Å²) >= 11 is 0. The lowest BCUT2D eigenvalue weighted by atomic mass is 10.1. The van der Waals surface area contributed by atoms with Crippen molar-refractivity contribution in [3.05, 3.63) is 42.2 Å². The maximum atomic E-state index is 5.73. The molecule has 3 N–H and O–H groups in total. The Labute approximate surface area is 125 Å². The van der Waals surface area contributed by atoms with Gasteiger partial charge in [-0.25, -0.2) is 5.84 Å². The normalized spacial score (nSPS) is 17.7. The number of aromatic nitrogens is 1. The summed E-state index contributed by atoms with van der Waals surface area (Å²) in [5, 5.41) is 2.25. The Kier molecular flexibility index (Phi) is 4.46. The van der Waals surface area contributed by atoms with E-state index in [0.717, 1.165) is 29.3 Å². The highest BCUT2D eigenvalue weighted by Crippen LogP contribution is 2.21. The first-order valence-electron chi connectivity index (χ1n) is 7.77.